The van der Waals surface area contributed by atoms with Crippen molar-refractivity contribution in [2.75, 3.05) is 6.26 Å². The van der Waals surface area contributed by atoms with Gasteiger partial charge >= 0.3 is 0 Å². The van der Waals surface area contributed by atoms with Crippen molar-refractivity contribution in [2.45, 2.75) is 16.5 Å². The van der Waals surface area contributed by atoms with Gasteiger partial charge in [0.2, 0.25) is 0 Å². The van der Waals surface area contributed by atoms with Gasteiger partial charge in [-0.3, -0.25) is 4.18 Å². The normalized spacial score (nSPS) is 11.8. The second-order valence-electron chi connectivity index (χ2n) is 4.02. The van der Waals surface area contributed by atoms with Gasteiger partial charge in [-0.25, -0.2) is 0 Å². The highest BCUT2D eigenvalue weighted by Crippen LogP contribution is 2.34. The Balaban J connectivity index is 2.08. The number of nitrogens with one attached hydrogen (secondary N) is 1. The van der Waals surface area contributed by atoms with Gasteiger partial charge < -0.3 is 4.98 Å². The molecule has 0 aliphatic carbocycles. The molecule has 0 radical (unpaired) electrons. The highest BCUT2D eigenvalue weighted by atomic mass is 35.5. The first-order valence-electron chi connectivity index (χ1n) is 5.48. The maximum Gasteiger partial charge on any atom is 0.264 e. The van der Waals surface area contributed by atoms with Crippen LogP contribution in [-0.2, 0) is 20.9 Å². The van der Waals surface area contributed by atoms with Crippen LogP contribution in [-0.4, -0.2) is 19.7 Å². The van der Waals surface area contributed by atoms with E-state index in [0.717, 1.165) is 21.7 Å². The van der Waals surface area contributed by atoms with E-state index < -0.39 is 10.1 Å². The lowest BCUT2D eigenvalue weighted by molar-refractivity contribution is 0.312. The molecule has 1 heterocycles. The standard InChI is InChI=1S/C12H11Cl2NO3S2/c1-20(16,17)18-7-8-4-12(15-6-8)19-11-5-9(13)2-3-10(11)14/h2-6,15H,7H2,1H3. The van der Waals surface area contributed by atoms with Crippen molar-refractivity contribution in [3.63, 3.8) is 0 Å². The topological polar surface area (TPSA) is 59.2 Å². The third-order valence-electron chi connectivity index (χ3n) is 2.27. The molecule has 0 spiro atoms. The molecule has 20 heavy (non-hydrogen) atoms. The molecule has 2 aromatic rings. The minimum absolute atomic E-state index is 0.000822. The Morgan fingerprint density at radius 1 is 1.30 bits per heavy atom. The molecular weight excluding hydrogens is 341 g/mol. The number of aromatic amines is 1. The first-order chi connectivity index (χ1) is 9.33. The summed E-state index contributed by atoms with van der Waals surface area (Å²) in [5, 5.41) is 2.02. The molecule has 0 bridgehead atoms. The van der Waals surface area contributed by atoms with Crippen LogP contribution in [0.25, 0.3) is 0 Å². The summed E-state index contributed by atoms with van der Waals surface area (Å²) in [5.41, 5.74) is 0.732. The molecule has 0 unspecified atom stereocenters. The summed E-state index contributed by atoms with van der Waals surface area (Å²) in [4.78, 5) is 3.84. The van der Waals surface area contributed by atoms with E-state index >= 15 is 0 Å². The summed E-state index contributed by atoms with van der Waals surface area (Å²) in [6, 6.07) is 7.01. The monoisotopic (exact) mass is 351 g/mol. The Bertz CT molecular complexity index is 713. The molecule has 0 saturated carbocycles. The average Bonchev–Trinajstić information content (AvgIpc) is 2.78. The molecule has 1 N–H and O–H groups in total. The van der Waals surface area contributed by atoms with E-state index in [1.165, 1.54) is 11.8 Å². The highest BCUT2D eigenvalue weighted by Gasteiger charge is 2.08. The Morgan fingerprint density at radius 2 is 2.05 bits per heavy atom. The fourth-order valence-corrected chi connectivity index (χ4v) is 3.14. The van der Waals surface area contributed by atoms with Crippen molar-refractivity contribution >= 4 is 45.1 Å². The van der Waals surface area contributed by atoms with Crippen LogP contribution < -0.4 is 0 Å². The van der Waals surface area contributed by atoms with Gasteiger partial charge in [0, 0.05) is 16.1 Å². The molecule has 8 heteroatoms. The summed E-state index contributed by atoms with van der Waals surface area (Å²) < 4.78 is 26.5. The SMILES string of the molecule is CS(=O)(=O)OCc1c[nH]c(Sc2cc(Cl)ccc2Cl)c1. The molecule has 0 atom stereocenters. The fourth-order valence-electron chi connectivity index (χ4n) is 1.41. The quantitative estimate of drug-likeness (QED) is 0.828. The molecule has 0 aliphatic heterocycles. The van der Waals surface area contributed by atoms with Crippen LogP contribution in [0.4, 0.5) is 0 Å². The second kappa shape index (κ2) is 6.41. The van der Waals surface area contributed by atoms with Gasteiger partial charge in [0.25, 0.3) is 10.1 Å². The van der Waals surface area contributed by atoms with Gasteiger partial charge in [-0.2, -0.15) is 8.42 Å². The largest absolute Gasteiger partial charge is 0.356 e. The smallest absolute Gasteiger partial charge is 0.264 e. The van der Waals surface area contributed by atoms with Crippen LogP contribution >= 0.6 is 35.0 Å². The first-order valence-corrected chi connectivity index (χ1v) is 8.87. The van der Waals surface area contributed by atoms with E-state index in [9.17, 15) is 8.42 Å². The van der Waals surface area contributed by atoms with Gasteiger partial charge in [0.15, 0.2) is 0 Å². The van der Waals surface area contributed by atoms with Gasteiger partial charge in [-0.15, -0.1) is 0 Å². The molecule has 0 saturated heterocycles. The van der Waals surface area contributed by atoms with Gasteiger partial charge in [-0.1, -0.05) is 35.0 Å². The Labute approximate surface area is 131 Å². The average molecular weight is 352 g/mol. The lowest BCUT2D eigenvalue weighted by Gasteiger charge is -2.02. The zero-order valence-electron chi connectivity index (χ0n) is 10.4. The molecule has 0 fully saturated rings. The molecule has 0 amide bonds. The van der Waals surface area contributed by atoms with Crippen molar-refractivity contribution in [2.24, 2.45) is 0 Å². The molecular formula is C12H11Cl2NO3S2. The third-order valence-corrected chi connectivity index (χ3v) is 4.51. The predicted molar refractivity (Wildman–Crippen MR) is 81.0 cm³/mol. The van der Waals surface area contributed by atoms with E-state index in [4.69, 9.17) is 27.4 Å². The van der Waals surface area contributed by atoms with E-state index in [0.29, 0.717) is 10.0 Å². The summed E-state index contributed by atoms with van der Waals surface area (Å²) in [6.45, 7) is -0.000822. The molecule has 108 valence electrons. The third kappa shape index (κ3) is 4.71. The van der Waals surface area contributed by atoms with Crippen molar-refractivity contribution < 1.29 is 12.6 Å². The summed E-state index contributed by atoms with van der Waals surface area (Å²) in [7, 11) is -3.44. The van der Waals surface area contributed by atoms with E-state index in [1.54, 1.807) is 30.5 Å². The number of hydrogen-bond acceptors (Lipinski definition) is 4. The Hall–Kier alpha value is -0.660. The van der Waals surface area contributed by atoms with Crippen LogP contribution in [0.15, 0.2) is 40.4 Å². The number of halogens is 2. The van der Waals surface area contributed by atoms with Crippen molar-refractivity contribution in [3.8, 4) is 0 Å². The lowest BCUT2D eigenvalue weighted by atomic mass is 10.4. The van der Waals surface area contributed by atoms with Crippen LogP contribution in [0.1, 0.15) is 5.56 Å². The minimum atomic E-state index is -3.44. The fraction of sp³-hybridized carbons (Fsp3) is 0.167. The molecule has 4 nitrogen and oxygen atoms in total. The van der Waals surface area contributed by atoms with Crippen molar-refractivity contribution in [3.05, 3.63) is 46.1 Å². The summed E-state index contributed by atoms with van der Waals surface area (Å²) in [6.07, 6.45) is 2.70. The maximum absolute atomic E-state index is 10.9. The van der Waals surface area contributed by atoms with Gasteiger partial charge in [-0.05, 0) is 29.8 Å². The Kier molecular flexibility index (Phi) is 5.04. The van der Waals surface area contributed by atoms with E-state index in [2.05, 4.69) is 4.98 Å². The lowest BCUT2D eigenvalue weighted by Crippen LogP contribution is -2.01. The minimum Gasteiger partial charge on any atom is -0.356 e. The Morgan fingerprint density at radius 3 is 2.75 bits per heavy atom. The van der Waals surface area contributed by atoms with Crippen LogP contribution in [0.5, 0.6) is 0 Å². The van der Waals surface area contributed by atoms with E-state index in [1.807, 2.05) is 0 Å². The van der Waals surface area contributed by atoms with Crippen molar-refractivity contribution in [1.29, 1.82) is 0 Å². The summed E-state index contributed by atoms with van der Waals surface area (Å²) >= 11 is 13.4. The number of rotatable bonds is 5. The highest BCUT2D eigenvalue weighted by molar-refractivity contribution is 7.99. The van der Waals surface area contributed by atoms with Gasteiger partial charge in [0.1, 0.15) is 0 Å². The zero-order chi connectivity index (χ0) is 14.8. The summed E-state index contributed by atoms with van der Waals surface area (Å²) in [5.74, 6) is 0. The molecule has 0 aliphatic rings. The first kappa shape index (κ1) is 15.7. The number of H-pyrrole nitrogens is 1. The number of aromatic nitrogens is 1. The van der Waals surface area contributed by atoms with Crippen LogP contribution in [0.3, 0.4) is 0 Å². The van der Waals surface area contributed by atoms with Crippen LogP contribution in [0.2, 0.25) is 10.0 Å². The van der Waals surface area contributed by atoms with Gasteiger partial charge in [0.05, 0.1) is 22.9 Å². The van der Waals surface area contributed by atoms with Crippen molar-refractivity contribution in [1.82, 2.24) is 4.98 Å². The molecule has 1 aromatic carbocycles. The van der Waals surface area contributed by atoms with Crippen LogP contribution in [0, 0.1) is 0 Å². The number of benzene rings is 1. The molecule has 2 rings (SSSR count). The molecule has 1 aromatic heterocycles. The van der Waals surface area contributed by atoms with E-state index in [-0.39, 0.29) is 6.61 Å². The maximum atomic E-state index is 10.9. The predicted octanol–water partition coefficient (Wildman–Crippen LogP) is 3.95. The number of hydrogen-bond donors (Lipinski definition) is 1. The zero-order valence-corrected chi connectivity index (χ0v) is 13.5. The second-order valence-corrected chi connectivity index (χ2v) is 7.59.